The second-order valence-corrected chi connectivity index (χ2v) is 7.97. The highest BCUT2D eigenvalue weighted by Gasteiger charge is 2.23. The topological polar surface area (TPSA) is 9.23 Å². The molecule has 0 radical (unpaired) electrons. The summed E-state index contributed by atoms with van der Waals surface area (Å²) in [4.78, 5) is 0. The van der Waals surface area contributed by atoms with E-state index in [1.54, 1.807) is 0 Å². The molecule has 30 heavy (non-hydrogen) atoms. The molecule has 0 atom stereocenters. The van der Waals surface area contributed by atoms with Gasteiger partial charge in [-0.3, -0.25) is 0 Å². The number of rotatable bonds is 1. The van der Waals surface area contributed by atoms with Gasteiger partial charge in [0, 0.05) is 21.5 Å². The van der Waals surface area contributed by atoms with Crippen molar-refractivity contribution in [2.75, 3.05) is 0 Å². The van der Waals surface area contributed by atoms with E-state index in [-0.39, 0.29) is 0 Å². The Bertz CT molecular complexity index is 1420. The van der Waals surface area contributed by atoms with E-state index >= 15 is 0 Å². The third-order valence-corrected chi connectivity index (χ3v) is 5.98. The first kappa shape index (κ1) is 17.3. The molecule has 142 valence electrons. The fourth-order valence-electron chi connectivity index (χ4n) is 4.29. The van der Waals surface area contributed by atoms with Gasteiger partial charge in [0.1, 0.15) is 11.5 Å². The summed E-state index contributed by atoms with van der Waals surface area (Å²) in [5, 5.41) is 2.97. The van der Waals surface area contributed by atoms with E-state index in [1.807, 2.05) is 24.3 Å². The third-order valence-electron chi connectivity index (χ3n) is 5.74. The van der Waals surface area contributed by atoms with Gasteiger partial charge in [0.2, 0.25) is 0 Å². The molecule has 0 spiro atoms. The molecule has 1 nitrogen and oxygen atoms in total. The first-order chi connectivity index (χ1) is 14.8. The minimum Gasteiger partial charge on any atom is -0.455 e. The Morgan fingerprint density at radius 1 is 0.533 bits per heavy atom. The largest absolute Gasteiger partial charge is 0.455 e. The molecule has 0 aromatic heterocycles. The molecule has 5 aromatic carbocycles. The molecule has 2 heteroatoms. The number of ether oxygens (including phenoxy) is 1. The van der Waals surface area contributed by atoms with E-state index in [2.05, 4.69) is 78.9 Å². The number of hydrogen-bond acceptors (Lipinski definition) is 1. The third kappa shape index (κ3) is 2.71. The fourth-order valence-corrected chi connectivity index (χ4v) is 4.46. The first-order valence-corrected chi connectivity index (χ1v) is 10.3. The standard InChI is InChI=1S/C28H17ClO/c29-21-12-15-27-26(17-21)23-13-11-20(18-6-2-1-3-7-18)16-25(23)24-14-10-19-8-4-5-9-22(19)28(24)30-27/h1-17H. The summed E-state index contributed by atoms with van der Waals surface area (Å²) in [7, 11) is 0. The molecule has 0 saturated heterocycles. The summed E-state index contributed by atoms with van der Waals surface area (Å²) in [6, 6.07) is 35.6. The number of hydrogen-bond donors (Lipinski definition) is 0. The average molecular weight is 405 g/mol. The van der Waals surface area contributed by atoms with Gasteiger partial charge in [0.25, 0.3) is 0 Å². The predicted molar refractivity (Wildman–Crippen MR) is 125 cm³/mol. The Morgan fingerprint density at radius 3 is 2.23 bits per heavy atom. The molecule has 5 aromatic rings. The van der Waals surface area contributed by atoms with Crippen molar-refractivity contribution in [3.8, 4) is 44.9 Å². The van der Waals surface area contributed by atoms with Crippen molar-refractivity contribution in [3.63, 3.8) is 0 Å². The SMILES string of the molecule is Clc1ccc2c(c1)-c1ccc(-c3ccccc3)cc1-c1ccc3ccccc3c1O2. The predicted octanol–water partition coefficient (Wildman–Crippen LogP) is 8.60. The summed E-state index contributed by atoms with van der Waals surface area (Å²) in [5.41, 5.74) is 6.75. The Hall–Kier alpha value is -3.55. The molecule has 1 aliphatic rings. The Morgan fingerprint density at radius 2 is 1.33 bits per heavy atom. The number of fused-ring (bicyclic) bond motifs is 7. The molecule has 0 N–H and O–H groups in total. The fraction of sp³-hybridized carbons (Fsp3) is 0. The van der Waals surface area contributed by atoms with E-state index in [9.17, 15) is 0 Å². The van der Waals surface area contributed by atoms with Gasteiger partial charge in [-0.05, 0) is 58.0 Å². The molecule has 0 saturated carbocycles. The van der Waals surface area contributed by atoms with Gasteiger partial charge in [-0.15, -0.1) is 0 Å². The number of halogens is 1. The van der Waals surface area contributed by atoms with Crippen LogP contribution in [0.25, 0.3) is 44.2 Å². The van der Waals surface area contributed by atoms with Crippen molar-refractivity contribution >= 4 is 22.4 Å². The molecule has 0 amide bonds. The lowest BCUT2D eigenvalue weighted by molar-refractivity contribution is 0.493. The Balaban J connectivity index is 1.71. The molecule has 6 rings (SSSR count). The maximum absolute atomic E-state index is 6.54. The maximum atomic E-state index is 6.54. The van der Waals surface area contributed by atoms with Gasteiger partial charge in [-0.25, -0.2) is 0 Å². The highest BCUT2D eigenvalue weighted by Crippen LogP contribution is 2.50. The van der Waals surface area contributed by atoms with Crippen LogP contribution in [0.1, 0.15) is 0 Å². The van der Waals surface area contributed by atoms with Crippen LogP contribution in [-0.2, 0) is 0 Å². The van der Waals surface area contributed by atoms with Crippen LogP contribution in [0.2, 0.25) is 5.02 Å². The van der Waals surface area contributed by atoms with Crippen LogP contribution >= 0.6 is 11.6 Å². The quantitative estimate of drug-likeness (QED) is 0.266. The van der Waals surface area contributed by atoms with Crippen LogP contribution in [0.15, 0.2) is 103 Å². The van der Waals surface area contributed by atoms with E-state index in [0.29, 0.717) is 5.02 Å². The second-order valence-electron chi connectivity index (χ2n) is 7.53. The van der Waals surface area contributed by atoms with E-state index in [1.165, 1.54) is 11.1 Å². The van der Waals surface area contributed by atoms with Gasteiger partial charge >= 0.3 is 0 Å². The van der Waals surface area contributed by atoms with E-state index < -0.39 is 0 Å². The molecule has 1 heterocycles. The minimum absolute atomic E-state index is 0.700. The second kappa shape index (κ2) is 6.76. The zero-order valence-corrected chi connectivity index (χ0v) is 16.9. The molecule has 1 aliphatic heterocycles. The normalized spacial score (nSPS) is 11.8. The lowest BCUT2D eigenvalue weighted by atomic mass is 9.90. The lowest BCUT2D eigenvalue weighted by Crippen LogP contribution is -1.88. The van der Waals surface area contributed by atoms with Crippen LogP contribution in [0.3, 0.4) is 0 Å². The lowest BCUT2D eigenvalue weighted by Gasteiger charge is -2.13. The zero-order chi connectivity index (χ0) is 20.1. The van der Waals surface area contributed by atoms with Gasteiger partial charge in [-0.1, -0.05) is 84.4 Å². The summed E-state index contributed by atoms with van der Waals surface area (Å²) in [6.45, 7) is 0. The summed E-state index contributed by atoms with van der Waals surface area (Å²) in [6.07, 6.45) is 0. The molecule has 0 bridgehead atoms. The van der Waals surface area contributed by atoms with Crippen molar-refractivity contribution in [3.05, 3.63) is 108 Å². The van der Waals surface area contributed by atoms with Crippen molar-refractivity contribution < 1.29 is 4.74 Å². The first-order valence-electron chi connectivity index (χ1n) is 9.97. The molecule has 0 aliphatic carbocycles. The van der Waals surface area contributed by atoms with Gasteiger partial charge in [0.05, 0.1) is 0 Å². The highest BCUT2D eigenvalue weighted by molar-refractivity contribution is 6.31. The van der Waals surface area contributed by atoms with Crippen molar-refractivity contribution in [1.29, 1.82) is 0 Å². The monoisotopic (exact) mass is 404 g/mol. The van der Waals surface area contributed by atoms with Crippen molar-refractivity contribution in [1.82, 2.24) is 0 Å². The van der Waals surface area contributed by atoms with Crippen LogP contribution in [0.5, 0.6) is 11.5 Å². The van der Waals surface area contributed by atoms with Crippen molar-refractivity contribution in [2.45, 2.75) is 0 Å². The van der Waals surface area contributed by atoms with Crippen molar-refractivity contribution in [2.24, 2.45) is 0 Å². The van der Waals surface area contributed by atoms with E-state index in [4.69, 9.17) is 16.3 Å². The molecular formula is C28H17ClO. The minimum atomic E-state index is 0.700. The molecule has 0 unspecified atom stereocenters. The van der Waals surface area contributed by atoms with Gasteiger partial charge < -0.3 is 4.74 Å². The van der Waals surface area contributed by atoms with Crippen LogP contribution in [0.4, 0.5) is 0 Å². The summed E-state index contributed by atoms with van der Waals surface area (Å²) >= 11 is 6.37. The van der Waals surface area contributed by atoms with Crippen LogP contribution in [-0.4, -0.2) is 0 Å². The van der Waals surface area contributed by atoms with E-state index in [0.717, 1.165) is 44.5 Å². The molecule has 0 fully saturated rings. The van der Waals surface area contributed by atoms with Crippen LogP contribution < -0.4 is 4.74 Å². The van der Waals surface area contributed by atoms with Gasteiger partial charge in [-0.2, -0.15) is 0 Å². The maximum Gasteiger partial charge on any atom is 0.143 e. The smallest absolute Gasteiger partial charge is 0.143 e. The Labute approximate surface area is 180 Å². The molecular weight excluding hydrogens is 388 g/mol. The summed E-state index contributed by atoms with van der Waals surface area (Å²) < 4.78 is 6.54. The Kier molecular flexibility index (Phi) is 3.90. The zero-order valence-electron chi connectivity index (χ0n) is 16.1. The number of benzene rings is 5. The average Bonchev–Trinajstić information content (AvgIpc) is 2.94. The van der Waals surface area contributed by atoms with Gasteiger partial charge in [0.15, 0.2) is 0 Å². The highest BCUT2D eigenvalue weighted by atomic mass is 35.5. The van der Waals surface area contributed by atoms with Crippen LogP contribution in [0, 0.1) is 0 Å². The summed E-state index contributed by atoms with van der Waals surface area (Å²) in [5.74, 6) is 1.71.